The molecule has 0 fully saturated rings. The summed E-state index contributed by atoms with van der Waals surface area (Å²) in [7, 11) is -3.67. The van der Waals surface area contributed by atoms with Crippen LogP contribution in [-0.4, -0.2) is 30.4 Å². The molecule has 5 N–H and O–H groups in total. The Kier molecular flexibility index (Phi) is 7.85. The fourth-order valence-electron chi connectivity index (χ4n) is 3.08. The largest absolute Gasteiger partial charge is 0.478 e. The number of fused-ring (bicyclic) bond motifs is 1. The number of sulfonamides is 1. The van der Waals surface area contributed by atoms with Gasteiger partial charge in [-0.2, -0.15) is 0 Å². The van der Waals surface area contributed by atoms with Gasteiger partial charge in [0, 0.05) is 33.4 Å². The Hall–Kier alpha value is -3.79. The third-order valence-corrected chi connectivity index (χ3v) is 6.65. The summed E-state index contributed by atoms with van der Waals surface area (Å²) < 4.78 is 26.8. The number of aromatic nitrogens is 1. The van der Waals surface area contributed by atoms with E-state index in [1.807, 2.05) is 0 Å². The minimum absolute atomic E-state index is 0.121. The zero-order valence-electron chi connectivity index (χ0n) is 18.0. The number of primary amides is 1. The fraction of sp³-hybridized carbons (Fsp3) is 0. The summed E-state index contributed by atoms with van der Waals surface area (Å²) in [5.41, 5.74) is 6.86. The van der Waals surface area contributed by atoms with Gasteiger partial charge in [0.15, 0.2) is 0 Å². The number of nitrogens with two attached hydrogens (primary N) is 1. The molecule has 8 nitrogen and oxygen atoms in total. The normalized spacial score (nSPS) is 10.8. The monoisotopic (exact) mass is 531 g/mol. The van der Waals surface area contributed by atoms with Crippen molar-refractivity contribution in [1.29, 1.82) is 0 Å². The number of amides is 1. The summed E-state index contributed by atoms with van der Waals surface area (Å²) in [6.07, 6.45) is 1.40. The predicted octanol–water partition coefficient (Wildman–Crippen LogP) is 5.16. The number of anilines is 1. The Labute approximate surface area is 211 Å². The Morgan fingerprint density at radius 3 is 2.31 bits per heavy atom. The van der Waals surface area contributed by atoms with Gasteiger partial charge in [0.05, 0.1) is 15.5 Å². The van der Waals surface area contributed by atoms with E-state index in [0.717, 1.165) is 0 Å². The van der Waals surface area contributed by atoms with Crippen LogP contribution in [0.2, 0.25) is 10.0 Å². The highest BCUT2D eigenvalue weighted by atomic mass is 35.5. The van der Waals surface area contributed by atoms with E-state index >= 15 is 0 Å². The van der Waals surface area contributed by atoms with Crippen molar-refractivity contribution in [2.24, 2.45) is 5.73 Å². The van der Waals surface area contributed by atoms with Crippen molar-refractivity contribution in [1.82, 2.24) is 4.98 Å². The van der Waals surface area contributed by atoms with Crippen LogP contribution in [0.15, 0.2) is 84.4 Å². The van der Waals surface area contributed by atoms with Crippen LogP contribution in [0.5, 0.6) is 0 Å². The number of halogens is 2. The summed E-state index contributed by atoms with van der Waals surface area (Å²) in [6, 6.07) is 17.5. The molecule has 180 valence electrons. The first-order valence-electron chi connectivity index (χ1n) is 9.86. The third-order valence-electron chi connectivity index (χ3n) is 4.74. The van der Waals surface area contributed by atoms with Gasteiger partial charge in [0.25, 0.3) is 10.0 Å². The van der Waals surface area contributed by atoms with Crippen LogP contribution in [0.3, 0.4) is 0 Å². The Morgan fingerprint density at radius 1 is 1.00 bits per heavy atom. The average molecular weight is 532 g/mol. The second-order valence-electron chi connectivity index (χ2n) is 7.16. The molecule has 35 heavy (non-hydrogen) atoms. The average Bonchev–Trinajstić information content (AvgIpc) is 3.24. The van der Waals surface area contributed by atoms with Crippen LogP contribution in [0, 0.1) is 0 Å². The number of benzene rings is 3. The molecular formula is C24H19Cl2N3O5S. The first-order chi connectivity index (χ1) is 16.5. The van der Waals surface area contributed by atoms with Crippen molar-refractivity contribution in [3.8, 4) is 0 Å². The smallest absolute Gasteiger partial charge is 0.337 e. The number of carboxylic acids is 1. The highest BCUT2D eigenvalue weighted by Gasteiger charge is 2.15. The van der Waals surface area contributed by atoms with Crippen molar-refractivity contribution >= 4 is 67.3 Å². The molecule has 1 amide bonds. The molecule has 0 atom stereocenters. The van der Waals surface area contributed by atoms with E-state index in [1.54, 1.807) is 42.5 Å². The predicted molar refractivity (Wildman–Crippen MR) is 137 cm³/mol. The first-order valence-corrected chi connectivity index (χ1v) is 12.1. The third kappa shape index (κ3) is 6.21. The van der Waals surface area contributed by atoms with Crippen LogP contribution in [0.1, 0.15) is 15.9 Å². The van der Waals surface area contributed by atoms with Crippen LogP contribution in [0.25, 0.3) is 16.5 Å². The standard InChI is InChI=1S/C15H14N2O3S.C9H5Cl2NO2/c1-11(15(16)18)12-6-5-7-13(10-12)17-21(19,20)14-8-3-2-4-9-14;10-4-1-6(11)8-5(9(13)14)3-12-7(8)2-4/h2-10,17H,1H2,(H2,16,18);1-3,12H,(H,13,14). The van der Waals surface area contributed by atoms with Crippen LogP contribution >= 0.6 is 23.2 Å². The number of hydrogen-bond donors (Lipinski definition) is 4. The number of nitrogens with one attached hydrogen (secondary N) is 2. The lowest BCUT2D eigenvalue weighted by molar-refractivity contribution is -0.112. The molecule has 0 bridgehead atoms. The topological polar surface area (TPSA) is 142 Å². The van der Waals surface area contributed by atoms with Crippen molar-refractivity contribution in [3.05, 3.63) is 101 Å². The van der Waals surface area contributed by atoms with Gasteiger partial charge in [-0.25, -0.2) is 13.2 Å². The van der Waals surface area contributed by atoms with Crippen LogP contribution in [0.4, 0.5) is 5.69 Å². The Bertz CT molecular complexity index is 1530. The van der Waals surface area contributed by atoms with E-state index in [1.165, 1.54) is 30.5 Å². The molecule has 3 aromatic carbocycles. The summed E-state index contributed by atoms with van der Waals surface area (Å²) >= 11 is 11.6. The molecule has 11 heteroatoms. The fourth-order valence-corrected chi connectivity index (χ4v) is 4.74. The molecule has 0 radical (unpaired) electrons. The summed E-state index contributed by atoms with van der Waals surface area (Å²) in [6.45, 7) is 3.57. The number of H-pyrrole nitrogens is 1. The molecule has 0 saturated carbocycles. The zero-order valence-corrected chi connectivity index (χ0v) is 20.3. The van der Waals surface area contributed by atoms with E-state index in [2.05, 4.69) is 16.3 Å². The van der Waals surface area contributed by atoms with Gasteiger partial charge in [-0.15, -0.1) is 0 Å². The highest BCUT2D eigenvalue weighted by molar-refractivity contribution is 7.92. The summed E-state index contributed by atoms with van der Waals surface area (Å²) in [5.74, 6) is -1.67. The molecule has 0 aliphatic heterocycles. The van der Waals surface area contributed by atoms with Gasteiger partial charge in [-0.1, -0.05) is 60.1 Å². The molecule has 4 aromatic rings. The van der Waals surface area contributed by atoms with Gasteiger partial charge >= 0.3 is 5.97 Å². The quantitative estimate of drug-likeness (QED) is 0.254. The van der Waals surface area contributed by atoms with Crippen LogP contribution < -0.4 is 10.5 Å². The molecule has 1 heterocycles. The minimum atomic E-state index is -3.67. The van der Waals surface area contributed by atoms with Gasteiger partial charge in [0.2, 0.25) is 5.91 Å². The number of carboxylic acid groups (broad SMARTS) is 1. The number of rotatable bonds is 6. The number of hydrogen-bond acceptors (Lipinski definition) is 4. The van der Waals surface area contributed by atoms with Gasteiger partial charge in [-0.05, 0) is 42.0 Å². The van der Waals surface area contributed by atoms with E-state index in [0.29, 0.717) is 32.2 Å². The molecule has 0 unspecified atom stereocenters. The van der Waals surface area contributed by atoms with Crippen molar-refractivity contribution in [2.75, 3.05) is 4.72 Å². The lowest BCUT2D eigenvalue weighted by Gasteiger charge is -2.09. The molecule has 0 aliphatic carbocycles. The Balaban J connectivity index is 0.000000211. The second kappa shape index (κ2) is 10.6. The van der Waals surface area contributed by atoms with Crippen LogP contribution in [-0.2, 0) is 14.8 Å². The summed E-state index contributed by atoms with van der Waals surface area (Å²) in [5, 5.41) is 10.2. The van der Waals surface area contributed by atoms with Gasteiger partial charge in [-0.3, -0.25) is 9.52 Å². The maximum absolute atomic E-state index is 12.2. The van der Waals surface area contributed by atoms with E-state index in [9.17, 15) is 18.0 Å². The molecule has 1 aromatic heterocycles. The van der Waals surface area contributed by atoms with Crippen molar-refractivity contribution < 1.29 is 23.1 Å². The summed E-state index contributed by atoms with van der Waals surface area (Å²) in [4.78, 5) is 24.9. The molecule has 4 rings (SSSR count). The maximum Gasteiger partial charge on any atom is 0.337 e. The van der Waals surface area contributed by atoms with E-state index in [4.69, 9.17) is 34.0 Å². The Morgan fingerprint density at radius 2 is 1.69 bits per heavy atom. The van der Waals surface area contributed by atoms with Gasteiger partial charge in [0.1, 0.15) is 0 Å². The molecular weight excluding hydrogens is 513 g/mol. The molecule has 0 aliphatic rings. The number of carbonyl (C=O) groups is 2. The number of aromatic amines is 1. The molecule has 0 saturated heterocycles. The number of carbonyl (C=O) groups excluding carboxylic acids is 1. The first kappa shape index (κ1) is 25.8. The number of aromatic carboxylic acids is 1. The highest BCUT2D eigenvalue weighted by Crippen LogP contribution is 2.30. The van der Waals surface area contributed by atoms with Crippen molar-refractivity contribution in [2.45, 2.75) is 4.90 Å². The molecule has 0 spiro atoms. The van der Waals surface area contributed by atoms with Crippen molar-refractivity contribution in [3.63, 3.8) is 0 Å². The maximum atomic E-state index is 12.2. The van der Waals surface area contributed by atoms with E-state index in [-0.39, 0.29) is 16.0 Å². The minimum Gasteiger partial charge on any atom is -0.478 e. The lowest BCUT2D eigenvalue weighted by Crippen LogP contribution is -2.14. The zero-order chi connectivity index (χ0) is 25.8. The second-order valence-corrected chi connectivity index (χ2v) is 9.69. The SMILES string of the molecule is C=C(C(N)=O)c1cccc(NS(=O)(=O)c2ccccc2)c1.O=C(O)c1c[nH]c2cc(Cl)cc(Cl)c12. The van der Waals surface area contributed by atoms with Gasteiger partial charge < -0.3 is 15.8 Å². The van der Waals surface area contributed by atoms with E-state index < -0.39 is 21.9 Å². The lowest BCUT2D eigenvalue weighted by atomic mass is 10.1.